The van der Waals surface area contributed by atoms with E-state index in [4.69, 9.17) is 75.8 Å². The Hall–Kier alpha value is -2.42. The fourth-order valence-electron chi connectivity index (χ4n) is 12.5. The number of carboxylic acid groups (broad SMARTS) is 2. The zero-order chi connectivity index (χ0) is 74.7. The summed E-state index contributed by atoms with van der Waals surface area (Å²) in [5.41, 5.74) is -1.67. The number of ether oxygens (including phenoxy) is 16. The monoisotopic (exact) mass is 1520 g/mol. The van der Waals surface area contributed by atoms with Crippen molar-refractivity contribution in [1.29, 1.82) is 0 Å². The average molecular weight is 1530 g/mol. The highest BCUT2D eigenvalue weighted by Gasteiger charge is 2.60. The Kier molecular flexibility index (Phi) is 32.8. The van der Waals surface area contributed by atoms with Crippen molar-refractivity contribution < 1.29 is 202 Å². The molecular formula is C59H96O41S2. The van der Waals surface area contributed by atoms with Gasteiger partial charge in [-0.1, -0.05) is 6.92 Å². The highest BCUT2D eigenvalue weighted by atomic mass is 32.2. The second kappa shape index (κ2) is 39.3. The van der Waals surface area contributed by atoms with Crippen LogP contribution in [0.1, 0.15) is 39.5 Å². The van der Waals surface area contributed by atoms with Crippen molar-refractivity contribution >= 4 is 47.0 Å². The van der Waals surface area contributed by atoms with E-state index in [2.05, 4.69) is 0 Å². The number of hydrogen-bond acceptors (Lipinski definition) is 41. The van der Waals surface area contributed by atoms with Crippen molar-refractivity contribution in [2.24, 2.45) is 11.8 Å². The third-order valence-electron chi connectivity index (χ3n) is 18.5. The summed E-state index contributed by atoms with van der Waals surface area (Å²) in [5.74, 6) is -6.93. The Morgan fingerprint density at radius 3 is 0.941 bits per heavy atom. The van der Waals surface area contributed by atoms with Crippen LogP contribution in [-0.2, 0) is 95.0 Å². The third-order valence-corrected chi connectivity index (χ3v) is 21.0. The topological polar surface area (TPSA) is 641 Å². The Morgan fingerprint density at radius 2 is 0.637 bits per heavy atom. The number of aliphatic hydroxyl groups is 19. The number of rotatable bonds is 26. The van der Waals surface area contributed by atoms with Crippen LogP contribution >= 0.6 is 23.5 Å². The first-order valence-corrected chi connectivity index (χ1v) is 35.3. The van der Waals surface area contributed by atoms with E-state index in [-0.39, 0.29) is 63.0 Å². The molecule has 0 saturated carbocycles. The lowest BCUT2D eigenvalue weighted by atomic mass is 9.95. The van der Waals surface area contributed by atoms with Crippen molar-refractivity contribution in [2.75, 3.05) is 76.7 Å². The number of thioether (sulfide) groups is 2. The molecule has 41 nitrogen and oxygen atoms in total. The van der Waals surface area contributed by atoms with Gasteiger partial charge in [-0.3, -0.25) is 19.2 Å². The molecule has 21 aliphatic rings. The van der Waals surface area contributed by atoms with Crippen LogP contribution in [0.25, 0.3) is 0 Å². The van der Waals surface area contributed by atoms with Crippen molar-refractivity contribution in [3.05, 3.63) is 0 Å². The van der Waals surface area contributed by atoms with Crippen LogP contribution in [0.3, 0.4) is 0 Å². The molecule has 21 heterocycles. The van der Waals surface area contributed by atoms with E-state index >= 15 is 0 Å². The van der Waals surface area contributed by atoms with Crippen LogP contribution in [0, 0.1) is 11.8 Å². The lowest BCUT2D eigenvalue weighted by molar-refractivity contribution is -0.394. The maximum absolute atomic E-state index is 13.0. The Bertz CT molecular complexity index is 2590. The van der Waals surface area contributed by atoms with E-state index in [1.807, 2.05) is 0 Å². The summed E-state index contributed by atoms with van der Waals surface area (Å²) >= 11 is 1.44. The summed E-state index contributed by atoms with van der Waals surface area (Å²) in [5, 5.41) is 237. The fraction of sp³-hybridized carbons (Fsp3) is 0.932. The van der Waals surface area contributed by atoms with Gasteiger partial charge in [-0.2, -0.15) is 11.8 Å². The lowest BCUT2D eigenvalue weighted by Gasteiger charge is -2.50. The smallest absolute Gasteiger partial charge is 0.307 e. The molecule has 102 heavy (non-hydrogen) atoms. The Balaban J connectivity index is 1.08. The summed E-state index contributed by atoms with van der Waals surface area (Å²) < 4.78 is 93.1. The van der Waals surface area contributed by atoms with Gasteiger partial charge in [0.05, 0.1) is 77.4 Å². The van der Waals surface area contributed by atoms with Gasteiger partial charge in [0.2, 0.25) is 0 Å². The first-order valence-electron chi connectivity index (χ1n) is 33.1. The van der Waals surface area contributed by atoms with E-state index in [0.29, 0.717) is 11.8 Å². The van der Waals surface area contributed by atoms with Crippen LogP contribution < -0.4 is 0 Å². The quantitative estimate of drug-likeness (QED) is 0.0358. The van der Waals surface area contributed by atoms with E-state index in [0.717, 1.165) is 11.8 Å². The molecule has 0 radical (unpaired) electrons. The average Bonchev–Trinajstić information content (AvgIpc) is 0.779. The number of Topliss-reactive ketones (excluding diaryl/α,β-unsaturated/α-hetero) is 2. The number of aliphatic hydroxyl groups excluding tert-OH is 19. The van der Waals surface area contributed by atoms with Crippen LogP contribution in [0.5, 0.6) is 0 Å². The van der Waals surface area contributed by atoms with Crippen molar-refractivity contribution in [3.63, 3.8) is 0 Å². The normalized spacial score (nSPS) is 45.2. The molecule has 590 valence electrons. The van der Waals surface area contributed by atoms with Crippen LogP contribution in [0.4, 0.5) is 0 Å². The van der Waals surface area contributed by atoms with Crippen molar-refractivity contribution in [3.8, 4) is 0 Å². The summed E-state index contributed by atoms with van der Waals surface area (Å²) in [4.78, 5) is 48.9. The number of ketones is 2. The van der Waals surface area contributed by atoms with Gasteiger partial charge in [0.25, 0.3) is 0 Å². The van der Waals surface area contributed by atoms with Gasteiger partial charge < -0.3 is 183 Å². The fourth-order valence-corrected chi connectivity index (χ4v) is 15.1. The molecule has 21 rings (SSSR count). The molecular weight excluding hydrogens is 1430 g/mol. The molecule has 21 N–H and O–H groups in total. The summed E-state index contributed by atoms with van der Waals surface area (Å²) in [6.45, 7) is -2.38. The van der Waals surface area contributed by atoms with Gasteiger partial charge in [-0.25, -0.2) is 0 Å². The summed E-state index contributed by atoms with van der Waals surface area (Å²) in [6, 6.07) is 0. The van der Waals surface area contributed by atoms with Gasteiger partial charge in [0.1, 0.15) is 176 Å². The predicted molar refractivity (Wildman–Crippen MR) is 328 cm³/mol. The summed E-state index contributed by atoms with van der Waals surface area (Å²) in [6.07, 6.45) is -71.7. The van der Waals surface area contributed by atoms with E-state index < -0.39 is 289 Å². The number of aliphatic carboxylic acids is 2. The molecule has 0 aliphatic carbocycles. The summed E-state index contributed by atoms with van der Waals surface area (Å²) in [7, 11) is 0. The molecule has 0 amide bonds. The standard InChI is InChI=1S/C59H96O41S2/c1-3-20(50(81)82)17-102-59-49-35(73)42(80)58(100-59)97-47-27(15-64)89-54(38(76)32(47)70)93-43-23(11-60)87-52(36(74)29(43)67)94-44-24(12-61)90-55(39(77)31(44)69)98-48-28(18-101-16-21(51(83)84)10-22(66)5-7-86-9-8-85-6-4-19(2)65)92-57(41(79)34(48)72)96-46-25(13-62)88-53(37(75)30(46)68)95-45-26(14-63)91-56(99-49)40(78)33(45)71/h20-21,23-49,52-64,67-80H,3-18H2,1-2H3,(H,81,82)(H,83,84)/t20?,21?,23?,24?,25?,26?,27?,28?,29-,30-,31-,32-,33-,34-,35-,36?,37?,38?,39?,40?,41?,42?,43-,44-,45-,46-,47-,48-,49+,52-,53+,54-,55-,56+,57-,58-,59?/m1/s1. The van der Waals surface area contributed by atoms with Crippen LogP contribution in [0.2, 0.25) is 0 Å². The van der Waals surface area contributed by atoms with Gasteiger partial charge >= 0.3 is 11.9 Å². The van der Waals surface area contributed by atoms with Crippen molar-refractivity contribution in [1.82, 2.24) is 0 Å². The Labute approximate surface area is 589 Å². The minimum atomic E-state index is -2.31. The first-order chi connectivity index (χ1) is 48.5. The lowest BCUT2D eigenvalue weighted by Crippen LogP contribution is -2.68. The van der Waals surface area contributed by atoms with Crippen molar-refractivity contribution in [2.45, 2.75) is 254 Å². The minimum absolute atomic E-state index is 0.0387. The number of carboxylic acids is 2. The van der Waals surface area contributed by atoms with Gasteiger partial charge in [-0.05, 0) is 13.3 Å². The number of carbonyl (C=O) groups excluding carboxylic acids is 2. The third kappa shape index (κ3) is 20.3. The molecule has 21 aliphatic heterocycles. The maximum atomic E-state index is 13.0. The predicted octanol–water partition coefficient (Wildman–Crippen LogP) is -11.6. The molecule has 21 fully saturated rings. The van der Waals surface area contributed by atoms with E-state index in [9.17, 15) is 126 Å². The molecule has 14 bridgehead atoms. The zero-order valence-corrected chi connectivity index (χ0v) is 56.7. The second-order valence-corrected chi connectivity index (χ2v) is 27.8. The second-order valence-electron chi connectivity index (χ2n) is 25.6. The molecule has 21 saturated heterocycles. The molecule has 0 aromatic carbocycles. The molecule has 0 aromatic rings. The largest absolute Gasteiger partial charge is 0.481 e. The molecule has 0 aromatic heterocycles. The zero-order valence-electron chi connectivity index (χ0n) is 55.0. The number of hydrogen-bond donors (Lipinski definition) is 21. The molecule has 43 heteroatoms. The number of carbonyl (C=O) groups is 4. The molecule has 37 atom stereocenters. The molecule has 0 spiro atoms. The van der Waals surface area contributed by atoms with Gasteiger partial charge in [-0.15, -0.1) is 11.8 Å². The molecule has 16 unspecified atom stereocenters. The van der Waals surface area contributed by atoms with Gasteiger partial charge in [0.15, 0.2) is 44.0 Å². The SMILES string of the molecule is CCC(CSC1O[C@H]2O[C@@H]3C(CO)O[C@H](O[C@@H]4C(CO)O[C@H](O[C@@H]5C(CO)O[C@H](O[C@@H]6C(CSCC(CC(=O)CCOCCOCCC(C)=O)C(=O)O)O[C@H](O[C@@H]7C(CO)O[C@@H](O[C@@H]8C(CO)O[C@@H](O[C@H]1[C@H](O)C2O)C(O)[C@H]8O)C(O)[C@H]7O)C(O)[C@H]6O)C(O)[C@H]5O)C(O)[C@H]4O)C(O)[C@H]3O)C(=O)O. The highest BCUT2D eigenvalue weighted by molar-refractivity contribution is 7.99. The van der Waals surface area contributed by atoms with Crippen LogP contribution in [0.15, 0.2) is 0 Å². The Morgan fingerprint density at radius 1 is 0.353 bits per heavy atom. The minimum Gasteiger partial charge on any atom is -0.481 e. The van der Waals surface area contributed by atoms with Gasteiger partial charge in [0, 0.05) is 36.5 Å². The van der Waals surface area contributed by atoms with E-state index in [1.165, 1.54) is 13.8 Å². The van der Waals surface area contributed by atoms with Crippen LogP contribution in [-0.4, -0.2) is 422 Å². The first kappa shape index (κ1) is 85.2. The highest BCUT2D eigenvalue weighted by Crippen LogP contribution is 2.41. The maximum Gasteiger partial charge on any atom is 0.307 e. The van der Waals surface area contributed by atoms with E-state index in [1.54, 1.807) is 0 Å².